The minimum absolute atomic E-state index is 0.0228. The normalized spacial score (nSPS) is 11.6. The second-order valence-corrected chi connectivity index (χ2v) is 9.70. The second-order valence-electron chi connectivity index (χ2n) is 8.15. The SMILES string of the molecule is CC(C)Nc1nc(SC(C)C)nc2c1cnn2CCNC(=O)c1cc(=O)c2ccccc2o1. The lowest BCUT2D eigenvalue weighted by Gasteiger charge is -2.12. The van der Waals surface area contributed by atoms with Gasteiger partial charge in [0.1, 0.15) is 11.4 Å². The van der Waals surface area contributed by atoms with E-state index in [0.717, 1.165) is 11.2 Å². The van der Waals surface area contributed by atoms with Crippen LogP contribution in [0.1, 0.15) is 38.2 Å². The molecule has 0 atom stereocenters. The summed E-state index contributed by atoms with van der Waals surface area (Å²) in [6.07, 6.45) is 1.73. The molecule has 172 valence electrons. The maximum absolute atomic E-state index is 12.6. The van der Waals surface area contributed by atoms with Crippen LogP contribution in [0.3, 0.4) is 0 Å². The molecular weight excluding hydrogens is 440 g/mol. The number of benzene rings is 1. The first-order valence-corrected chi connectivity index (χ1v) is 11.7. The number of para-hydroxylation sites is 1. The number of carbonyl (C=O) groups is 1. The van der Waals surface area contributed by atoms with Gasteiger partial charge in [0, 0.05) is 23.9 Å². The van der Waals surface area contributed by atoms with Gasteiger partial charge in [-0.15, -0.1) is 0 Å². The third-order valence-electron chi connectivity index (χ3n) is 4.71. The predicted molar refractivity (Wildman–Crippen MR) is 130 cm³/mol. The number of nitrogens with zero attached hydrogens (tertiary/aromatic N) is 4. The van der Waals surface area contributed by atoms with E-state index in [1.807, 2.05) is 13.8 Å². The molecule has 0 saturated carbocycles. The maximum atomic E-state index is 12.6. The number of thioether (sulfide) groups is 1. The smallest absolute Gasteiger partial charge is 0.287 e. The number of fused-ring (bicyclic) bond motifs is 2. The molecule has 0 bridgehead atoms. The second kappa shape index (κ2) is 9.62. The maximum Gasteiger partial charge on any atom is 0.287 e. The van der Waals surface area contributed by atoms with Crippen molar-refractivity contribution in [3.05, 3.63) is 52.5 Å². The van der Waals surface area contributed by atoms with Crippen molar-refractivity contribution in [2.45, 2.75) is 50.7 Å². The molecular formula is C23H26N6O3S. The van der Waals surface area contributed by atoms with Crippen LogP contribution in [-0.2, 0) is 6.54 Å². The Bertz CT molecular complexity index is 1360. The van der Waals surface area contributed by atoms with Gasteiger partial charge >= 0.3 is 0 Å². The average molecular weight is 467 g/mol. The van der Waals surface area contributed by atoms with Crippen molar-refractivity contribution in [2.24, 2.45) is 0 Å². The van der Waals surface area contributed by atoms with Crippen molar-refractivity contribution < 1.29 is 9.21 Å². The van der Waals surface area contributed by atoms with E-state index in [9.17, 15) is 9.59 Å². The molecule has 33 heavy (non-hydrogen) atoms. The number of anilines is 1. The summed E-state index contributed by atoms with van der Waals surface area (Å²) >= 11 is 1.58. The first-order valence-electron chi connectivity index (χ1n) is 10.8. The summed E-state index contributed by atoms with van der Waals surface area (Å²) in [5, 5.41) is 12.9. The van der Waals surface area contributed by atoms with Crippen LogP contribution in [0.15, 0.2) is 50.9 Å². The quantitative estimate of drug-likeness (QED) is 0.298. The van der Waals surface area contributed by atoms with Crippen LogP contribution in [0.25, 0.3) is 22.0 Å². The number of rotatable bonds is 8. The number of aromatic nitrogens is 4. The van der Waals surface area contributed by atoms with Gasteiger partial charge in [-0.05, 0) is 26.0 Å². The molecule has 1 aromatic carbocycles. The third kappa shape index (κ3) is 5.16. The molecule has 4 rings (SSSR count). The standard InChI is InChI=1S/C23H26N6O3S/c1-13(2)26-20-16-12-25-29(21(16)28-23(27-20)33-14(3)4)10-9-24-22(31)19-11-17(30)15-7-5-6-8-18(15)32-19/h5-8,11-14H,9-10H2,1-4H3,(H,24,31)(H,26,27,28). The minimum atomic E-state index is -0.456. The van der Waals surface area contributed by atoms with Crippen molar-refractivity contribution in [1.29, 1.82) is 0 Å². The number of hydrogen-bond acceptors (Lipinski definition) is 8. The van der Waals surface area contributed by atoms with Gasteiger partial charge in [-0.1, -0.05) is 37.7 Å². The molecule has 10 heteroatoms. The summed E-state index contributed by atoms with van der Waals surface area (Å²) in [4.78, 5) is 34.2. The Morgan fingerprint density at radius 2 is 1.94 bits per heavy atom. The summed E-state index contributed by atoms with van der Waals surface area (Å²) in [5.41, 5.74) is 0.824. The van der Waals surface area contributed by atoms with Crippen LogP contribution in [0.2, 0.25) is 0 Å². The molecule has 0 unspecified atom stereocenters. The highest BCUT2D eigenvalue weighted by atomic mass is 32.2. The summed E-state index contributed by atoms with van der Waals surface area (Å²) < 4.78 is 7.34. The Morgan fingerprint density at radius 3 is 2.70 bits per heavy atom. The summed E-state index contributed by atoms with van der Waals surface area (Å²) in [5.74, 6) is 0.263. The van der Waals surface area contributed by atoms with Crippen molar-refractivity contribution in [3.63, 3.8) is 0 Å². The molecule has 0 aliphatic rings. The van der Waals surface area contributed by atoms with Crippen molar-refractivity contribution in [1.82, 2.24) is 25.1 Å². The molecule has 3 aromatic heterocycles. The Hall–Kier alpha value is -3.40. The molecule has 0 aliphatic carbocycles. The van der Waals surface area contributed by atoms with Crippen LogP contribution in [-0.4, -0.2) is 43.5 Å². The first-order chi connectivity index (χ1) is 15.8. The van der Waals surface area contributed by atoms with E-state index in [4.69, 9.17) is 4.42 Å². The van der Waals surface area contributed by atoms with Gasteiger partial charge in [0.25, 0.3) is 5.91 Å². The highest BCUT2D eigenvalue weighted by Crippen LogP contribution is 2.26. The van der Waals surface area contributed by atoms with Crippen LogP contribution < -0.4 is 16.1 Å². The zero-order valence-corrected chi connectivity index (χ0v) is 19.8. The molecule has 0 spiro atoms. The molecule has 9 nitrogen and oxygen atoms in total. The molecule has 0 radical (unpaired) electrons. The predicted octanol–water partition coefficient (Wildman–Crippen LogP) is 3.68. The Balaban J connectivity index is 1.52. The van der Waals surface area contributed by atoms with Crippen LogP contribution in [0.4, 0.5) is 5.82 Å². The van der Waals surface area contributed by atoms with E-state index in [1.165, 1.54) is 6.07 Å². The molecule has 4 aromatic rings. The zero-order valence-electron chi connectivity index (χ0n) is 19.0. The van der Waals surface area contributed by atoms with Gasteiger partial charge in [0.2, 0.25) is 0 Å². The summed E-state index contributed by atoms with van der Waals surface area (Å²) in [7, 11) is 0. The third-order valence-corrected chi connectivity index (χ3v) is 5.57. The van der Waals surface area contributed by atoms with Gasteiger partial charge in [-0.25, -0.2) is 14.6 Å². The highest BCUT2D eigenvalue weighted by molar-refractivity contribution is 7.99. The first kappa shape index (κ1) is 22.8. The van der Waals surface area contributed by atoms with Crippen molar-refractivity contribution in [2.75, 3.05) is 11.9 Å². The fourth-order valence-corrected chi connectivity index (χ4v) is 4.03. The average Bonchev–Trinajstić information content (AvgIpc) is 3.16. The zero-order chi connectivity index (χ0) is 23.5. The van der Waals surface area contributed by atoms with Gasteiger partial charge in [0.15, 0.2) is 22.0 Å². The lowest BCUT2D eigenvalue weighted by molar-refractivity contribution is 0.0925. The van der Waals surface area contributed by atoms with Crippen LogP contribution in [0.5, 0.6) is 0 Å². The Kier molecular flexibility index (Phi) is 6.64. The van der Waals surface area contributed by atoms with Crippen molar-refractivity contribution >= 4 is 45.5 Å². The fraction of sp³-hybridized carbons (Fsp3) is 0.348. The Labute approximate surface area is 195 Å². The van der Waals surface area contributed by atoms with Gasteiger partial charge in [-0.2, -0.15) is 5.10 Å². The lowest BCUT2D eigenvalue weighted by Crippen LogP contribution is -2.28. The van der Waals surface area contributed by atoms with E-state index in [1.54, 1.807) is 46.9 Å². The number of hydrogen-bond donors (Lipinski definition) is 2. The summed E-state index contributed by atoms with van der Waals surface area (Å²) in [6.45, 7) is 8.97. The fourth-order valence-electron chi connectivity index (χ4n) is 3.32. The molecule has 0 fully saturated rings. The molecule has 3 heterocycles. The van der Waals surface area contributed by atoms with E-state index in [0.29, 0.717) is 33.6 Å². The number of amides is 1. The summed E-state index contributed by atoms with van der Waals surface area (Å²) in [6, 6.07) is 8.27. The minimum Gasteiger partial charge on any atom is -0.451 e. The van der Waals surface area contributed by atoms with Crippen LogP contribution >= 0.6 is 11.8 Å². The van der Waals surface area contributed by atoms with E-state index < -0.39 is 5.91 Å². The number of carbonyl (C=O) groups excluding carboxylic acids is 1. The van der Waals surface area contributed by atoms with Gasteiger partial charge < -0.3 is 15.1 Å². The van der Waals surface area contributed by atoms with Crippen molar-refractivity contribution in [3.8, 4) is 0 Å². The lowest BCUT2D eigenvalue weighted by atomic mass is 10.2. The molecule has 2 N–H and O–H groups in total. The van der Waals surface area contributed by atoms with E-state index in [-0.39, 0.29) is 23.8 Å². The van der Waals surface area contributed by atoms with Gasteiger partial charge in [-0.3, -0.25) is 9.59 Å². The molecule has 0 aliphatic heterocycles. The van der Waals surface area contributed by atoms with E-state index in [2.05, 4.69) is 39.5 Å². The topological polar surface area (TPSA) is 115 Å². The van der Waals surface area contributed by atoms with Crippen LogP contribution in [0, 0.1) is 0 Å². The monoisotopic (exact) mass is 466 g/mol. The Morgan fingerprint density at radius 1 is 1.15 bits per heavy atom. The molecule has 0 saturated heterocycles. The number of nitrogens with one attached hydrogen (secondary N) is 2. The molecule has 1 amide bonds. The highest BCUT2D eigenvalue weighted by Gasteiger charge is 2.16. The van der Waals surface area contributed by atoms with E-state index >= 15 is 0 Å². The largest absolute Gasteiger partial charge is 0.451 e. The van der Waals surface area contributed by atoms with Gasteiger partial charge in [0.05, 0.1) is 23.5 Å².